The molecule has 3 aromatic heterocycles. The minimum absolute atomic E-state index is 0.0561. The van der Waals surface area contributed by atoms with Gasteiger partial charge >= 0.3 is 12.1 Å². The number of halogens is 3. The Bertz CT molecular complexity index is 1570. The number of carbonyl (C=O) groups is 1. The van der Waals surface area contributed by atoms with Crippen molar-refractivity contribution in [2.24, 2.45) is 7.05 Å². The van der Waals surface area contributed by atoms with Crippen LogP contribution in [0.15, 0.2) is 67.0 Å². The number of anilines is 2. The van der Waals surface area contributed by atoms with E-state index in [1.807, 2.05) is 6.07 Å². The van der Waals surface area contributed by atoms with Gasteiger partial charge in [-0.3, -0.25) is 4.98 Å². The van der Waals surface area contributed by atoms with Gasteiger partial charge in [-0.15, -0.1) is 0 Å². The van der Waals surface area contributed by atoms with Crippen molar-refractivity contribution in [2.75, 3.05) is 5.32 Å². The van der Waals surface area contributed by atoms with Gasteiger partial charge in [0.2, 0.25) is 5.95 Å². The Kier molecular flexibility index (Phi) is 5.55. The number of hydrogen-bond donors (Lipinski definition) is 3. The highest BCUT2D eigenvalue weighted by molar-refractivity contribution is 5.85. The predicted octanol–water partition coefficient (Wildman–Crippen LogP) is 5.61. The Morgan fingerprint density at radius 2 is 1.81 bits per heavy atom. The van der Waals surface area contributed by atoms with E-state index in [1.54, 1.807) is 35.9 Å². The quantitative estimate of drug-likeness (QED) is 0.281. The zero-order valence-corrected chi connectivity index (χ0v) is 18.5. The number of aromatic carboxylic acids is 1. The van der Waals surface area contributed by atoms with Gasteiger partial charge in [-0.2, -0.15) is 13.2 Å². The molecule has 0 fully saturated rings. The van der Waals surface area contributed by atoms with E-state index in [2.05, 4.69) is 25.3 Å². The van der Waals surface area contributed by atoms with Gasteiger partial charge in [-0.05, 0) is 42.5 Å². The number of ether oxygens (including phenoxy) is 1. The highest BCUT2D eigenvalue weighted by Crippen LogP contribution is 2.32. The molecule has 9 nitrogen and oxygen atoms in total. The fraction of sp³-hybridized carbons (Fsp3) is 0.0833. The Morgan fingerprint density at radius 3 is 2.50 bits per heavy atom. The summed E-state index contributed by atoms with van der Waals surface area (Å²) in [6, 6.07) is 13.2. The fourth-order valence-corrected chi connectivity index (χ4v) is 3.53. The molecule has 0 aliphatic carbocycles. The lowest BCUT2D eigenvalue weighted by molar-refractivity contribution is -0.137. The third kappa shape index (κ3) is 4.56. The minimum atomic E-state index is -4.40. The van der Waals surface area contributed by atoms with Crippen LogP contribution >= 0.6 is 0 Å². The van der Waals surface area contributed by atoms with Crippen molar-refractivity contribution in [3.8, 4) is 23.0 Å². The second-order valence-corrected chi connectivity index (χ2v) is 7.77. The van der Waals surface area contributed by atoms with Crippen LogP contribution in [0.4, 0.5) is 24.8 Å². The van der Waals surface area contributed by atoms with Gasteiger partial charge in [0.15, 0.2) is 5.82 Å². The zero-order valence-electron chi connectivity index (χ0n) is 18.5. The molecule has 0 amide bonds. The number of carboxylic acid groups (broad SMARTS) is 1. The van der Waals surface area contributed by atoms with Crippen LogP contribution in [0.25, 0.3) is 22.6 Å². The number of carboxylic acids is 1. The molecule has 0 bridgehead atoms. The number of fused-ring (bicyclic) bond motifs is 1. The van der Waals surface area contributed by atoms with Crippen LogP contribution in [-0.2, 0) is 13.2 Å². The lowest BCUT2D eigenvalue weighted by Gasteiger charge is -2.09. The van der Waals surface area contributed by atoms with E-state index in [4.69, 9.17) is 9.84 Å². The van der Waals surface area contributed by atoms with Crippen LogP contribution in [0.5, 0.6) is 11.5 Å². The zero-order chi connectivity index (χ0) is 25.4. The van der Waals surface area contributed by atoms with Gasteiger partial charge in [0.25, 0.3) is 0 Å². The first kappa shape index (κ1) is 22.9. The molecule has 0 spiro atoms. The number of benzene rings is 2. The molecule has 3 N–H and O–H groups in total. The molecule has 5 aromatic rings. The van der Waals surface area contributed by atoms with E-state index in [9.17, 15) is 18.0 Å². The average Bonchev–Trinajstić information content (AvgIpc) is 3.45. The topological polar surface area (TPSA) is 118 Å². The lowest BCUT2D eigenvalue weighted by Crippen LogP contribution is -2.05. The number of aryl methyl sites for hydroxylation is 1. The van der Waals surface area contributed by atoms with Crippen LogP contribution < -0.4 is 10.1 Å². The first-order valence-corrected chi connectivity index (χ1v) is 10.5. The summed E-state index contributed by atoms with van der Waals surface area (Å²) in [5.41, 5.74) is 1.47. The fourth-order valence-electron chi connectivity index (χ4n) is 3.53. The van der Waals surface area contributed by atoms with Gasteiger partial charge in [0, 0.05) is 31.1 Å². The molecule has 0 aliphatic rings. The van der Waals surface area contributed by atoms with Gasteiger partial charge in [-0.25, -0.2) is 14.8 Å². The predicted molar refractivity (Wildman–Crippen MR) is 124 cm³/mol. The number of alkyl halides is 3. The van der Waals surface area contributed by atoms with Crippen molar-refractivity contribution in [1.82, 2.24) is 24.5 Å². The summed E-state index contributed by atoms with van der Waals surface area (Å²) in [7, 11) is 1.78. The van der Waals surface area contributed by atoms with Gasteiger partial charge in [-0.1, -0.05) is 0 Å². The van der Waals surface area contributed by atoms with Crippen molar-refractivity contribution in [1.29, 1.82) is 0 Å². The SMILES string of the molecule is Cn1c(Nc2ccc(C(F)(F)F)cc2)nc2cc(Oc3ccnc(-c4ncc(C(=O)O)[nH]4)c3)ccc21. The van der Waals surface area contributed by atoms with E-state index in [0.717, 1.165) is 17.6 Å². The van der Waals surface area contributed by atoms with Crippen LogP contribution in [0.3, 0.4) is 0 Å². The normalized spacial score (nSPS) is 11.6. The largest absolute Gasteiger partial charge is 0.477 e. The molecule has 182 valence electrons. The number of hydrogen-bond acceptors (Lipinski definition) is 6. The maximum atomic E-state index is 12.8. The summed E-state index contributed by atoms with van der Waals surface area (Å²) in [5.74, 6) is 0.547. The molecule has 2 aromatic carbocycles. The second kappa shape index (κ2) is 8.73. The molecule has 0 unspecified atom stereocenters. The molecule has 0 radical (unpaired) electrons. The third-order valence-corrected chi connectivity index (χ3v) is 5.34. The van der Waals surface area contributed by atoms with Crippen LogP contribution in [-0.4, -0.2) is 35.6 Å². The van der Waals surface area contributed by atoms with Gasteiger partial charge in [0.05, 0.1) is 22.8 Å². The molecular weight excluding hydrogens is 477 g/mol. The van der Waals surface area contributed by atoms with Crippen LogP contribution in [0.1, 0.15) is 16.1 Å². The Hall–Kier alpha value is -4.87. The van der Waals surface area contributed by atoms with Crippen molar-refractivity contribution in [3.63, 3.8) is 0 Å². The lowest BCUT2D eigenvalue weighted by atomic mass is 10.2. The molecule has 0 aliphatic heterocycles. The van der Waals surface area contributed by atoms with Crippen LogP contribution in [0.2, 0.25) is 0 Å². The number of pyridine rings is 1. The summed E-state index contributed by atoms with van der Waals surface area (Å²) < 4.78 is 46.1. The average molecular weight is 494 g/mol. The standard InChI is InChI=1S/C24H17F3N6O3/c1-33-20-7-6-15(36-16-8-9-28-18(11-16)21-29-12-19(31-21)22(34)35)10-17(20)32-23(33)30-14-4-2-13(3-5-14)24(25,26)27/h2-12H,1H3,(H,29,31)(H,30,32)(H,34,35). The monoisotopic (exact) mass is 494 g/mol. The maximum absolute atomic E-state index is 12.8. The van der Waals surface area contributed by atoms with Crippen molar-refractivity contribution in [2.45, 2.75) is 6.18 Å². The minimum Gasteiger partial charge on any atom is -0.477 e. The van der Waals surface area contributed by atoms with Gasteiger partial charge in [0.1, 0.15) is 22.9 Å². The number of aromatic nitrogens is 5. The summed E-state index contributed by atoms with van der Waals surface area (Å²) in [5, 5.41) is 12.1. The molecule has 0 saturated carbocycles. The second-order valence-electron chi connectivity index (χ2n) is 7.77. The van der Waals surface area contributed by atoms with Crippen molar-refractivity contribution in [3.05, 3.63) is 78.2 Å². The number of H-pyrrole nitrogens is 1. The molecule has 36 heavy (non-hydrogen) atoms. The first-order chi connectivity index (χ1) is 17.2. The highest BCUT2D eigenvalue weighted by Gasteiger charge is 2.30. The smallest absolute Gasteiger partial charge is 0.416 e. The summed E-state index contributed by atoms with van der Waals surface area (Å²) in [6.07, 6.45) is -1.68. The van der Waals surface area contributed by atoms with E-state index >= 15 is 0 Å². The maximum Gasteiger partial charge on any atom is 0.416 e. The van der Waals surface area contributed by atoms with Gasteiger partial charge < -0.3 is 24.7 Å². The molecule has 0 saturated heterocycles. The number of imidazole rings is 2. The molecular formula is C24H17F3N6O3. The van der Waals surface area contributed by atoms with E-state index < -0.39 is 17.7 Å². The molecule has 3 heterocycles. The molecule has 12 heteroatoms. The van der Waals surface area contributed by atoms with Crippen molar-refractivity contribution < 1.29 is 27.8 Å². The van der Waals surface area contributed by atoms with Crippen molar-refractivity contribution >= 4 is 28.6 Å². The number of rotatable bonds is 6. The highest BCUT2D eigenvalue weighted by atomic mass is 19.4. The summed E-state index contributed by atoms with van der Waals surface area (Å²) in [4.78, 5) is 26.5. The summed E-state index contributed by atoms with van der Waals surface area (Å²) in [6.45, 7) is 0. The first-order valence-electron chi connectivity index (χ1n) is 10.5. The Labute approximate surface area is 201 Å². The van der Waals surface area contributed by atoms with Crippen LogP contribution in [0, 0.1) is 0 Å². The number of nitrogens with zero attached hydrogens (tertiary/aromatic N) is 4. The number of aromatic amines is 1. The van der Waals surface area contributed by atoms with E-state index in [1.165, 1.54) is 24.5 Å². The van der Waals surface area contributed by atoms with E-state index in [-0.39, 0.29) is 11.5 Å². The number of nitrogens with one attached hydrogen (secondary N) is 2. The van der Waals surface area contributed by atoms with E-state index in [0.29, 0.717) is 34.3 Å². The molecule has 5 rings (SSSR count). The third-order valence-electron chi connectivity index (χ3n) is 5.34. The Balaban J connectivity index is 1.36. The molecule has 0 atom stereocenters. The Morgan fingerprint density at radius 1 is 1.06 bits per heavy atom. The summed E-state index contributed by atoms with van der Waals surface area (Å²) >= 11 is 0.